The number of carbonyl (C=O) groups excluding carboxylic acids is 1. The number of hydrogen-bond acceptors (Lipinski definition) is 2. The van der Waals surface area contributed by atoms with E-state index in [1.54, 1.807) is 7.05 Å². The smallest absolute Gasteiger partial charge is 0.325 e. The van der Waals surface area contributed by atoms with E-state index in [2.05, 4.69) is 5.32 Å². The van der Waals surface area contributed by atoms with Gasteiger partial charge in [-0.1, -0.05) is 6.92 Å². The van der Waals surface area contributed by atoms with Crippen molar-refractivity contribution in [1.29, 1.82) is 0 Å². The standard InChI is InChI=1S/C10H20N2O3/c1-6-10(3,4)12(5)9(15)11-7(2)8(13)14/h7H,6H2,1-5H3,(H,11,15)(H,13,14)/t7-/m1/s1. The van der Waals surface area contributed by atoms with Crippen LogP contribution in [0.4, 0.5) is 4.79 Å². The predicted octanol–water partition coefficient (Wildman–Crippen LogP) is 1.29. The Morgan fingerprint density at radius 3 is 2.27 bits per heavy atom. The summed E-state index contributed by atoms with van der Waals surface area (Å²) in [7, 11) is 1.66. The average molecular weight is 216 g/mol. The minimum Gasteiger partial charge on any atom is -0.480 e. The highest BCUT2D eigenvalue weighted by Crippen LogP contribution is 2.16. The maximum absolute atomic E-state index is 11.6. The number of hydrogen-bond donors (Lipinski definition) is 2. The molecule has 88 valence electrons. The molecule has 15 heavy (non-hydrogen) atoms. The first kappa shape index (κ1) is 13.7. The number of amides is 2. The van der Waals surface area contributed by atoms with E-state index in [1.807, 2.05) is 20.8 Å². The van der Waals surface area contributed by atoms with Crippen LogP contribution in [-0.2, 0) is 4.79 Å². The molecule has 0 aliphatic heterocycles. The number of urea groups is 1. The number of nitrogens with one attached hydrogen (secondary N) is 1. The second-order valence-corrected chi connectivity index (χ2v) is 4.23. The van der Waals surface area contributed by atoms with Gasteiger partial charge in [-0.25, -0.2) is 4.79 Å². The van der Waals surface area contributed by atoms with E-state index in [4.69, 9.17) is 5.11 Å². The van der Waals surface area contributed by atoms with Crippen molar-refractivity contribution >= 4 is 12.0 Å². The molecular formula is C10H20N2O3. The van der Waals surface area contributed by atoms with E-state index >= 15 is 0 Å². The highest BCUT2D eigenvalue weighted by Gasteiger charge is 2.27. The first-order valence-electron chi connectivity index (χ1n) is 4.99. The van der Waals surface area contributed by atoms with Gasteiger partial charge in [0.15, 0.2) is 0 Å². The summed E-state index contributed by atoms with van der Waals surface area (Å²) < 4.78 is 0. The third-order valence-electron chi connectivity index (χ3n) is 2.79. The Labute approximate surface area is 90.5 Å². The molecule has 0 aromatic rings. The van der Waals surface area contributed by atoms with Gasteiger partial charge >= 0.3 is 12.0 Å². The summed E-state index contributed by atoms with van der Waals surface area (Å²) in [6.45, 7) is 7.27. The summed E-state index contributed by atoms with van der Waals surface area (Å²) in [6.07, 6.45) is 0.804. The van der Waals surface area contributed by atoms with Crippen molar-refractivity contribution in [3.05, 3.63) is 0 Å². The number of nitrogens with zero attached hydrogens (tertiary/aromatic N) is 1. The maximum atomic E-state index is 11.6. The van der Waals surface area contributed by atoms with E-state index < -0.39 is 12.0 Å². The summed E-state index contributed by atoms with van der Waals surface area (Å²) >= 11 is 0. The van der Waals surface area contributed by atoms with Gasteiger partial charge in [0.25, 0.3) is 0 Å². The fourth-order valence-electron chi connectivity index (χ4n) is 0.856. The van der Waals surface area contributed by atoms with Crippen molar-refractivity contribution in [3.8, 4) is 0 Å². The van der Waals surface area contributed by atoms with Crippen LogP contribution < -0.4 is 5.32 Å². The molecule has 0 heterocycles. The molecule has 0 spiro atoms. The summed E-state index contributed by atoms with van der Waals surface area (Å²) in [5, 5.41) is 11.0. The van der Waals surface area contributed by atoms with Crippen LogP contribution in [0, 0.1) is 0 Å². The Morgan fingerprint density at radius 2 is 1.93 bits per heavy atom. The molecule has 1 atom stereocenters. The van der Waals surface area contributed by atoms with Crippen LogP contribution >= 0.6 is 0 Å². The zero-order valence-electron chi connectivity index (χ0n) is 10.00. The molecule has 0 aliphatic carbocycles. The number of carboxylic acid groups (broad SMARTS) is 1. The lowest BCUT2D eigenvalue weighted by atomic mass is 10.0. The van der Waals surface area contributed by atoms with Crippen molar-refractivity contribution in [3.63, 3.8) is 0 Å². The monoisotopic (exact) mass is 216 g/mol. The summed E-state index contributed by atoms with van der Waals surface area (Å²) in [5.41, 5.74) is -0.275. The Morgan fingerprint density at radius 1 is 1.47 bits per heavy atom. The molecule has 0 radical (unpaired) electrons. The summed E-state index contributed by atoms with van der Waals surface area (Å²) in [4.78, 5) is 23.7. The van der Waals surface area contributed by atoms with Crippen molar-refractivity contribution in [1.82, 2.24) is 10.2 Å². The Bertz CT molecular complexity index is 251. The van der Waals surface area contributed by atoms with Gasteiger partial charge in [-0.2, -0.15) is 0 Å². The van der Waals surface area contributed by atoms with Crippen LogP contribution in [-0.4, -0.2) is 40.6 Å². The van der Waals surface area contributed by atoms with E-state index in [1.165, 1.54) is 11.8 Å². The van der Waals surface area contributed by atoms with E-state index in [0.29, 0.717) is 0 Å². The number of carboxylic acids is 1. The average Bonchev–Trinajstić information content (AvgIpc) is 2.16. The highest BCUT2D eigenvalue weighted by molar-refractivity contribution is 5.82. The van der Waals surface area contributed by atoms with Crippen LogP contribution in [0.3, 0.4) is 0 Å². The fourth-order valence-corrected chi connectivity index (χ4v) is 0.856. The van der Waals surface area contributed by atoms with Gasteiger partial charge in [0, 0.05) is 12.6 Å². The molecule has 5 heteroatoms. The molecule has 5 nitrogen and oxygen atoms in total. The number of carbonyl (C=O) groups is 2. The zero-order valence-corrected chi connectivity index (χ0v) is 10.00. The largest absolute Gasteiger partial charge is 0.480 e. The summed E-state index contributed by atoms with van der Waals surface area (Å²) in [6, 6.07) is -1.23. The lowest BCUT2D eigenvalue weighted by Crippen LogP contribution is -2.52. The Kier molecular flexibility index (Phi) is 4.58. The van der Waals surface area contributed by atoms with Gasteiger partial charge in [-0.15, -0.1) is 0 Å². The van der Waals surface area contributed by atoms with Crippen molar-refractivity contribution < 1.29 is 14.7 Å². The number of rotatable bonds is 4. The van der Waals surface area contributed by atoms with Crippen LogP contribution in [0.5, 0.6) is 0 Å². The normalized spacial score (nSPS) is 13.1. The lowest BCUT2D eigenvalue weighted by molar-refractivity contribution is -0.138. The number of aliphatic carboxylic acids is 1. The lowest BCUT2D eigenvalue weighted by Gasteiger charge is -2.35. The fraction of sp³-hybridized carbons (Fsp3) is 0.800. The van der Waals surface area contributed by atoms with Crippen molar-refractivity contribution in [2.75, 3.05) is 7.05 Å². The van der Waals surface area contributed by atoms with E-state index in [9.17, 15) is 9.59 Å². The van der Waals surface area contributed by atoms with Crippen LogP contribution in [0.15, 0.2) is 0 Å². The maximum Gasteiger partial charge on any atom is 0.325 e. The van der Waals surface area contributed by atoms with Crippen molar-refractivity contribution in [2.45, 2.75) is 45.7 Å². The van der Waals surface area contributed by atoms with Gasteiger partial charge in [0.05, 0.1) is 0 Å². The Hall–Kier alpha value is -1.26. The second-order valence-electron chi connectivity index (χ2n) is 4.23. The molecule has 0 unspecified atom stereocenters. The quantitative estimate of drug-likeness (QED) is 0.744. The van der Waals surface area contributed by atoms with Crippen LogP contribution in [0.25, 0.3) is 0 Å². The van der Waals surface area contributed by atoms with Gasteiger partial charge in [-0.3, -0.25) is 4.79 Å². The first-order chi connectivity index (χ1) is 6.72. The molecule has 0 rings (SSSR count). The molecule has 0 aromatic carbocycles. The summed E-state index contributed by atoms with van der Waals surface area (Å²) in [5.74, 6) is -1.04. The minimum atomic E-state index is -1.04. The third-order valence-corrected chi connectivity index (χ3v) is 2.79. The molecule has 2 N–H and O–H groups in total. The molecule has 0 bridgehead atoms. The van der Waals surface area contributed by atoms with Crippen LogP contribution in [0.1, 0.15) is 34.1 Å². The zero-order chi connectivity index (χ0) is 12.2. The molecular weight excluding hydrogens is 196 g/mol. The van der Waals surface area contributed by atoms with Gasteiger partial charge in [0.1, 0.15) is 6.04 Å². The SMILES string of the molecule is CCC(C)(C)N(C)C(=O)N[C@H](C)C(=O)O. The van der Waals surface area contributed by atoms with Gasteiger partial charge in [-0.05, 0) is 27.2 Å². The van der Waals surface area contributed by atoms with Gasteiger partial charge in [0.2, 0.25) is 0 Å². The van der Waals surface area contributed by atoms with Gasteiger partial charge < -0.3 is 15.3 Å². The molecule has 0 saturated carbocycles. The first-order valence-corrected chi connectivity index (χ1v) is 4.99. The minimum absolute atomic E-state index is 0.275. The van der Waals surface area contributed by atoms with E-state index in [-0.39, 0.29) is 11.6 Å². The molecule has 0 aromatic heterocycles. The Balaban J connectivity index is 4.40. The van der Waals surface area contributed by atoms with E-state index in [0.717, 1.165) is 6.42 Å². The third kappa shape index (κ3) is 3.77. The molecule has 0 fully saturated rings. The van der Waals surface area contributed by atoms with Crippen LogP contribution in [0.2, 0.25) is 0 Å². The second kappa shape index (κ2) is 5.00. The molecule has 2 amide bonds. The molecule has 0 saturated heterocycles. The topological polar surface area (TPSA) is 69.6 Å². The molecule has 0 aliphatic rings. The predicted molar refractivity (Wildman–Crippen MR) is 57.8 cm³/mol. The van der Waals surface area contributed by atoms with Crippen molar-refractivity contribution in [2.24, 2.45) is 0 Å². The highest BCUT2D eigenvalue weighted by atomic mass is 16.4.